The first-order valence-corrected chi connectivity index (χ1v) is 6.94. The van der Waals surface area contributed by atoms with Crippen molar-refractivity contribution < 1.29 is 4.39 Å². The summed E-state index contributed by atoms with van der Waals surface area (Å²) < 4.78 is 13.0. The molecular formula is C16H18ClFN2. The first-order valence-electron chi connectivity index (χ1n) is 6.56. The summed E-state index contributed by atoms with van der Waals surface area (Å²) in [5, 5.41) is 6.70. The van der Waals surface area contributed by atoms with E-state index in [9.17, 15) is 4.39 Å². The van der Waals surface area contributed by atoms with Crippen LogP contribution in [0.4, 0.5) is 15.8 Å². The molecule has 106 valence electrons. The fourth-order valence-corrected chi connectivity index (χ4v) is 2.20. The first-order chi connectivity index (χ1) is 9.56. The molecule has 0 amide bonds. The van der Waals surface area contributed by atoms with Crippen molar-refractivity contribution in [3.63, 3.8) is 0 Å². The summed E-state index contributed by atoms with van der Waals surface area (Å²) >= 11 is 5.73. The van der Waals surface area contributed by atoms with Crippen LogP contribution in [0.3, 0.4) is 0 Å². The molecule has 0 fully saturated rings. The lowest BCUT2D eigenvalue weighted by Gasteiger charge is -2.11. The number of hydrogen-bond donors (Lipinski definition) is 2. The highest BCUT2D eigenvalue weighted by atomic mass is 35.5. The van der Waals surface area contributed by atoms with Gasteiger partial charge < -0.3 is 10.6 Å². The Morgan fingerprint density at radius 1 is 1.00 bits per heavy atom. The lowest BCUT2D eigenvalue weighted by molar-refractivity contribution is 0.628. The van der Waals surface area contributed by atoms with Crippen LogP contribution in [-0.2, 0) is 0 Å². The van der Waals surface area contributed by atoms with Crippen LogP contribution in [-0.4, -0.2) is 13.1 Å². The second-order valence-electron chi connectivity index (χ2n) is 4.80. The Morgan fingerprint density at radius 3 is 2.45 bits per heavy atom. The molecule has 2 rings (SSSR count). The number of nitrogens with one attached hydrogen (secondary N) is 2. The molecule has 0 unspecified atom stereocenters. The maximum absolute atomic E-state index is 13.0. The number of halogens is 2. The molecule has 2 N–H and O–H groups in total. The summed E-state index contributed by atoms with van der Waals surface area (Å²) in [4.78, 5) is 0. The van der Waals surface area contributed by atoms with Crippen LogP contribution in [0.2, 0.25) is 5.02 Å². The maximum Gasteiger partial charge on any atom is 0.141 e. The lowest BCUT2D eigenvalue weighted by Crippen LogP contribution is -2.14. The Hall–Kier alpha value is -1.74. The molecule has 20 heavy (non-hydrogen) atoms. The average molecular weight is 293 g/mol. The number of benzene rings is 2. The zero-order chi connectivity index (χ0) is 14.5. The van der Waals surface area contributed by atoms with Crippen LogP contribution in [0.5, 0.6) is 0 Å². The predicted molar refractivity (Wildman–Crippen MR) is 84.3 cm³/mol. The third-order valence-corrected chi connectivity index (χ3v) is 3.36. The van der Waals surface area contributed by atoms with Gasteiger partial charge in [-0.3, -0.25) is 0 Å². The van der Waals surface area contributed by atoms with Gasteiger partial charge in [-0.1, -0.05) is 29.3 Å². The van der Waals surface area contributed by atoms with E-state index in [0.717, 1.165) is 24.5 Å². The number of hydrogen-bond acceptors (Lipinski definition) is 2. The summed E-state index contributed by atoms with van der Waals surface area (Å²) in [5.41, 5.74) is 4.44. The molecule has 0 aliphatic carbocycles. The monoisotopic (exact) mass is 292 g/mol. The highest BCUT2D eigenvalue weighted by Crippen LogP contribution is 2.19. The molecule has 0 saturated carbocycles. The van der Waals surface area contributed by atoms with E-state index in [1.165, 1.54) is 17.2 Å². The van der Waals surface area contributed by atoms with E-state index in [4.69, 9.17) is 11.6 Å². The van der Waals surface area contributed by atoms with Crippen molar-refractivity contribution in [1.29, 1.82) is 0 Å². The van der Waals surface area contributed by atoms with Gasteiger partial charge >= 0.3 is 0 Å². The number of rotatable bonds is 5. The number of anilines is 2. The zero-order valence-electron chi connectivity index (χ0n) is 11.6. The molecule has 2 aromatic rings. The van der Waals surface area contributed by atoms with E-state index in [1.54, 1.807) is 12.1 Å². The van der Waals surface area contributed by atoms with Crippen LogP contribution in [0.25, 0.3) is 0 Å². The topological polar surface area (TPSA) is 24.1 Å². The van der Waals surface area contributed by atoms with Crippen molar-refractivity contribution in [1.82, 2.24) is 0 Å². The van der Waals surface area contributed by atoms with Crippen LogP contribution in [0, 0.1) is 19.7 Å². The summed E-state index contributed by atoms with van der Waals surface area (Å²) in [5.74, 6) is -0.398. The smallest absolute Gasteiger partial charge is 0.141 e. The summed E-state index contributed by atoms with van der Waals surface area (Å²) in [6.07, 6.45) is 0. The van der Waals surface area contributed by atoms with Crippen LogP contribution < -0.4 is 10.6 Å². The zero-order valence-corrected chi connectivity index (χ0v) is 12.4. The molecule has 0 atom stereocenters. The molecule has 0 heterocycles. The standard InChI is InChI=1S/C16H18ClFN2/c1-11-3-6-16(12(2)9-11)20-8-7-19-13-4-5-15(18)14(17)10-13/h3-6,9-10,19-20H,7-8H2,1-2H3. The molecule has 2 aromatic carbocycles. The van der Waals surface area contributed by atoms with Gasteiger partial charge in [-0.15, -0.1) is 0 Å². The third-order valence-electron chi connectivity index (χ3n) is 3.07. The molecule has 0 bridgehead atoms. The fraction of sp³-hybridized carbons (Fsp3) is 0.250. The average Bonchev–Trinajstić information content (AvgIpc) is 2.40. The molecule has 0 aliphatic rings. The van der Waals surface area contributed by atoms with Crippen molar-refractivity contribution in [2.24, 2.45) is 0 Å². The van der Waals surface area contributed by atoms with E-state index >= 15 is 0 Å². The molecule has 0 radical (unpaired) electrons. The summed E-state index contributed by atoms with van der Waals surface area (Å²) in [6.45, 7) is 5.67. The molecule has 2 nitrogen and oxygen atoms in total. The highest BCUT2D eigenvalue weighted by molar-refractivity contribution is 6.31. The van der Waals surface area contributed by atoms with E-state index < -0.39 is 5.82 Å². The van der Waals surface area contributed by atoms with Gasteiger partial charge in [0.1, 0.15) is 5.82 Å². The van der Waals surface area contributed by atoms with E-state index in [-0.39, 0.29) is 5.02 Å². The van der Waals surface area contributed by atoms with Gasteiger partial charge in [0.2, 0.25) is 0 Å². The fourth-order valence-electron chi connectivity index (χ4n) is 2.02. The largest absolute Gasteiger partial charge is 0.383 e. The number of aryl methyl sites for hydroxylation is 2. The molecule has 4 heteroatoms. The SMILES string of the molecule is Cc1ccc(NCCNc2ccc(F)c(Cl)c2)c(C)c1. The van der Waals surface area contributed by atoms with Gasteiger partial charge in [0.15, 0.2) is 0 Å². The van der Waals surface area contributed by atoms with Crippen LogP contribution in [0.1, 0.15) is 11.1 Å². The van der Waals surface area contributed by atoms with Crippen molar-refractivity contribution in [2.45, 2.75) is 13.8 Å². The van der Waals surface area contributed by atoms with Crippen LogP contribution >= 0.6 is 11.6 Å². The Bertz CT molecular complexity index is 599. The predicted octanol–water partition coefficient (Wildman–Crippen LogP) is 4.62. The van der Waals surface area contributed by atoms with E-state index in [0.29, 0.717) is 0 Å². The maximum atomic E-state index is 13.0. The molecular weight excluding hydrogens is 275 g/mol. The van der Waals surface area contributed by atoms with Gasteiger partial charge in [0, 0.05) is 24.5 Å². The van der Waals surface area contributed by atoms with E-state index in [2.05, 4.69) is 42.7 Å². The lowest BCUT2D eigenvalue weighted by atomic mass is 10.1. The van der Waals surface area contributed by atoms with Crippen molar-refractivity contribution in [2.75, 3.05) is 23.7 Å². The second kappa shape index (κ2) is 6.62. The van der Waals surface area contributed by atoms with Crippen molar-refractivity contribution >= 4 is 23.0 Å². The Labute approximate surface area is 124 Å². The van der Waals surface area contributed by atoms with Gasteiger partial charge in [-0.05, 0) is 43.7 Å². The van der Waals surface area contributed by atoms with E-state index in [1.807, 2.05) is 0 Å². The minimum absolute atomic E-state index is 0.136. The first kappa shape index (κ1) is 14.7. The van der Waals surface area contributed by atoms with Gasteiger partial charge in [-0.2, -0.15) is 0 Å². The third kappa shape index (κ3) is 3.87. The van der Waals surface area contributed by atoms with Gasteiger partial charge in [0.05, 0.1) is 5.02 Å². The Balaban J connectivity index is 1.82. The molecule has 0 aliphatic heterocycles. The highest BCUT2D eigenvalue weighted by Gasteiger charge is 2.00. The quantitative estimate of drug-likeness (QED) is 0.786. The van der Waals surface area contributed by atoms with Crippen molar-refractivity contribution in [3.8, 4) is 0 Å². The normalized spacial score (nSPS) is 10.4. The molecule has 0 saturated heterocycles. The summed E-state index contributed by atoms with van der Waals surface area (Å²) in [7, 11) is 0. The minimum Gasteiger partial charge on any atom is -0.383 e. The molecule has 0 spiro atoms. The summed E-state index contributed by atoms with van der Waals surface area (Å²) in [6, 6.07) is 11.0. The Kier molecular flexibility index (Phi) is 4.85. The van der Waals surface area contributed by atoms with Crippen LogP contribution in [0.15, 0.2) is 36.4 Å². The van der Waals surface area contributed by atoms with Gasteiger partial charge in [0.25, 0.3) is 0 Å². The van der Waals surface area contributed by atoms with Gasteiger partial charge in [-0.25, -0.2) is 4.39 Å². The minimum atomic E-state index is -0.398. The van der Waals surface area contributed by atoms with Crippen molar-refractivity contribution in [3.05, 3.63) is 58.4 Å². The Morgan fingerprint density at radius 2 is 1.75 bits per heavy atom. The second-order valence-corrected chi connectivity index (χ2v) is 5.21. The molecule has 0 aromatic heterocycles.